The Hall–Kier alpha value is -2.93. The molecule has 1 heteroatoms. The molecule has 1 aromatic heterocycles. The minimum absolute atomic E-state index is 0.566. The third-order valence-electron chi connectivity index (χ3n) is 5.41. The first kappa shape index (κ1) is 20.8. The monoisotopic (exact) mass is 382 g/mol. The molecule has 0 aliphatic carbocycles. The number of benzene rings is 2. The number of rotatable bonds is 6. The molecular weight excluding hydrogens is 350 g/mol. The second-order valence-electron chi connectivity index (χ2n) is 8.24. The van der Waals surface area contributed by atoms with Crippen molar-refractivity contribution < 1.29 is 4.57 Å². The van der Waals surface area contributed by atoms with E-state index >= 15 is 0 Å². The summed E-state index contributed by atoms with van der Waals surface area (Å²) < 4.78 is 2.22. The predicted molar refractivity (Wildman–Crippen MR) is 127 cm³/mol. The fraction of sp³-hybridized carbons (Fsp3) is 0.250. The molecule has 148 valence electrons. The van der Waals surface area contributed by atoms with E-state index in [1.54, 1.807) is 0 Å². The zero-order chi connectivity index (χ0) is 20.8. The molecule has 3 rings (SSSR count). The van der Waals surface area contributed by atoms with Gasteiger partial charge in [0, 0.05) is 24.3 Å². The lowest BCUT2D eigenvalue weighted by Gasteiger charge is -2.05. The lowest BCUT2D eigenvalue weighted by molar-refractivity contribution is -0.675. The highest BCUT2D eigenvalue weighted by molar-refractivity contribution is 5.69. The van der Waals surface area contributed by atoms with Crippen LogP contribution < -0.4 is 4.57 Å². The van der Waals surface area contributed by atoms with E-state index in [0.717, 1.165) is 0 Å². The van der Waals surface area contributed by atoms with Crippen molar-refractivity contribution in [2.24, 2.45) is 7.05 Å². The molecule has 0 saturated heterocycles. The third-order valence-corrected chi connectivity index (χ3v) is 5.41. The maximum atomic E-state index is 2.22. The van der Waals surface area contributed by atoms with E-state index < -0.39 is 0 Å². The highest BCUT2D eigenvalue weighted by atomic mass is 14.9. The van der Waals surface area contributed by atoms with Crippen LogP contribution in [-0.4, -0.2) is 0 Å². The van der Waals surface area contributed by atoms with Gasteiger partial charge in [0.05, 0.1) is 0 Å². The molecule has 0 saturated carbocycles. The molecule has 1 nitrogen and oxygen atoms in total. The smallest absolute Gasteiger partial charge is 0.195 e. The summed E-state index contributed by atoms with van der Waals surface area (Å²) >= 11 is 0. The van der Waals surface area contributed by atoms with Gasteiger partial charge >= 0.3 is 0 Å². The number of nitrogens with zero attached hydrogens (tertiary/aromatic N) is 1. The maximum absolute atomic E-state index is 2.22. The average Bonchev–Trinajstić information content (AvgIpc) is 2.72. The van der Waals surface area contributed by atoms with E-state index in [0.29, 0.717) is 11.8 Å². The van der Waals surface area contributed by atoms with Crippen LogP contribution in [0.1, 0.15) is 73.2 Å². The molecule has 0 fully saturated rings. The van der Waals surface area contributed by atoms with Gasteiger partial charge in [-0.05, 0) is 52.3 Å². The fourth-order valence-corrected chi connectivity index (χ4v) is 3.30. The number of hydrogen-bond donors (Lipinski definition) is 0. The summed E-state index contributed by atoms with van der Waals surface area (Å²) in [7, 11) is 2.11. The Bertz CT molecular complexity index is 908. The topological polar surface area (TPSA) is 3.88 Å². The minimum Gasteiger partial charge on any atom is -0.195 e. The normalized spacial score (nSPS) is 12.0. The van der Waals surface area contributed by atoms with E-state index in [1.807, 2.05) is 0 Å². The van der Waals surface area contributed by atoms with Gasteiger partial charge in [-0.1, -0.05) is 76.2 Å². The Kier molecular flexibility index (Phi) is 6.82. The van der Waals surface area contributed by atoms with Gasteiger partial charge in [0.15, 0.2) is 0 Å². The quantitative estimate of drug-likeness (QED) is 0.400. The van der Waals surface area contributed by atoms with Crippen molar-refractivity contribution >= 4 is 24.3 Å². The van der Waals surface area contributed by atoms with Gasteiger partial charge in [-0.3, -0.25) is 0 Å². The molecule has 2 aromatic carbocycles. The van der Waals surface area contributed by atoms with E-state index in [-0.39, 0.29) is 0 Å². The summed E-state index contributed by atoms with van der Waals surface area (Å²) in [5.74, 6) is 1.13. The van der Waals surface area contributed by atoms with Crippen LogP contribution in [0.25, 0.3) is 24.3 Å². The predicted octanol–water partition coefficient (Wildman–Crippen LogP) is 7.10. The highest BCUT2D eigenvalue weighted by Gasteiger charge is 2.07. The fourth-order valence-electron chi connectivity index (χ4n) is 3.30. The van der Waals surface area contributed by atoms with Crippen LogP contribution in [0.4, 0.5) is 0 Å². The van der Waals surface area contributed by atoms with Gasteiger partial charge in [0.25, 0.3) is 0 Å². The SMILES string of the molecule is CC(C)c1ccc(/C=C/c2cccc(/C=C/c3ccc(C(C)C)cc3)[n+]2C)cc1. The standard InChI is InChI=1S/C28H32N/c1-21(2)25-15-9-23(10-16-25)13-19-27-7-6-8-28(29(27)5)20-14-24-11-17-26(18-12-24)22(3)4/h6-22H,1-5H3/q+1/b19-13+,20-14+. The molecule has 0 radical (unpaired) electrons. The van der Waals surface area contributed by atoms with Crippen LogP contribution in [-0.2, 0) is 7.05 Å². The summed E-state index contributed by atoms with van der Waals surface area (Å²) in [5.41, 5.74) is 7.55. The Morgan fingerprint density at radius 1 is 0.552 bits per heavy atom. The zero-order valence-corrected chi connectivity index (χ0v) is 18.3. The first-order valence-electron chi connectivity index (χ1n) is 10.5. The summed E-state index contributed by atoms with van der Waals surface area (Å²) in [5, 5.41) is 0. The Labute approximate surface area is 176 Å². The largest absolute Gasteiger partial charge is 0.205 e. The van der Waals surface area contributed by atoms with Gasteiger partial charge in [0.2, 0.25) is 11.4 Å². The Morgan fingerprint density at radius 2 is 0.931 bits per heavy atom. The molecule has 0 N–H and O–H groups in total. The van der Waals surface area contributed by atoms with Crippen molar-refractivity contribution in [3.8, 4) is 0 Å². The van der Waals surface area contributed by atoms with Crippen molar-refractivity contribution in [3.05, 3.63) is 100 Å². The summed E-state index contributed by atoms with van der Waals surface area (Å²) in [6, 6.07) is 24.0. The lowest BCUT2D eigenvalue weighted by atomic mass is 10.0. The van der Waals surface area contributed by atoms with Gasteiger partial charge < -0.3 is 0 Å². The van der Waals surface area contributed by atoms with Gasteiger partial charge in [-0.2, -0.15) is 4.57 Å². The summed E-state index contributed by atoms with van der Waals surface area (Å²) in [4.78, 5) is 0. The Morgan fingerprint density at radius 3 is 1.28 bits per heavy atom. The van der Waals surface area contributed by atoms with Crippen molar-refractivity contribution in [3.63, 3.8) is 0 Å². The number of hydrogen-bond acceptors (Lipinski definition) is 0. The molecule has 0 aliphatic heterocycles. The average molecular weight is 383 g/mol. The van der Waals surface area contributed by atoms with Crippen molar-refractivity contribution in [2.45, 2.75) is 39.5 Å². The lowest BCUT2D eigenvalue weighted by Crippen LogP contribution is -2.35. The number of pyridine rings is 1. The van der Waals surface area contributed by atoms with Crippen molar-refractivity contribution in [1.82, 2.24) is 0 Å². The van der Waals surface area contributed by atoms with Gasteiger partial charge in [-0.25, -0.2) is 0 Å². The van der Waals surface area contributed by atoms with Crippen LogP contribution >= 0.6 is 0 Å². The zero-order valence-electron chi connectivity index (χ0n) is 18.3. The van der Waals surface area contributed by atoms with E-state index in [9.17, 15) is 0 Å². The van der Waals surface area contributed by atoms with E-state index in [1.165, 1.54) is 33.6 Å². The molecule has 0 amide bonds. The molecule has 1 heterocycles. The second-order valence-corrected chi connectivity index (χ2v) is 8.24. The van der Waals surface area contributed by atoms with Crippen LogP contribution in [0.15, 0.2) is 66.7 Å². The van der Waals surface area contributed by atoms with Gasteiger partial charge in [0.1, 0.15) is 7.05 Å². The minimum atomic E-state index is 0.566. The molecule has 0 atom stereocenters. The van der Waals surface area contributed by atoms with Crippen molar-refractivity contribution in [1.29, 1.82) is 0 Å². The Balaban J connectivity index is 1.76. The molecule has 3 aromatic rings. The van der Waals surface area contributed by atoms with Crippen LogP contribution in [0.2, 0.25) is 0 Å². The first-order chi connectivity index (χ1) is 13.9. The van der Waals surface area contributed by atoms with Crippen LogP contribution in [0.5, 0.6) is 0 Å². The second kappa shape index (κ2) is 9.52. The first-order valence-corrected chi connectivity index (χ1v) is 10.5. The van der Waals surface area contributed by atoms with E-state index in [4.69, 9.17) is 0 Å². The van der Waals surface area contributed by atoms with E-state index in [2.05, 4.69) is 130 Å². The third kappa shape index (κ3) is 5.54. The van der Waals surface area contributed by atoms with Gasteiger partial charge in [-0.15, -0.1) is 0 Å². The maximum Gasteiger partial charge on any atom is 0.205 e. The van der Waals surface area contributed by atoms with Crippen LogP contribution in [0, 0.1) is 0 Å². The molecular formula is C28H32N+. The molecule has 0 unspecified atom stereocenters. The molecule has 0 spiro atoms. The molecule has 0 bridgehead atoms. The number of aromatic nitrogens is 1. The van der Waals surface area contributed by atoms with Crippen LogP contribution in [0.3, 0.4) is 0 Å². The summed E-state index contributed by atoms with van der Waals surface area (Å²) in [6.07, 6.45) is 8.72. The highest BCUT2D eigenvalue weighted by Crippen LogP contribution is 2.17. The summed E-state index contributed by atoms with van der Waals surface area (Å²) in [6.45, 7) is 8.90. The van der Waals surface area contributed by atoms with Crippen molar-refractivity contribution in [2.75, 3.05) is 0 Å². The molecule has 0 aliphatic rings. The molecule has 29 heavy (non-hydrogen) atoms.